The summed E-state index contributed by atoms with van der Waals surface area (Å²) in [5, 5.41) is 0. The number of unbranched alkanes of at least 4 members (excludes halogenated alkanes) is 23. The molecular formula is C61H102O6. The van der Waals surface area contributed by atoms with Gasteiger partial charge >= 0.3 is 17.9 Å². The van der Waals surface area contributed by atoms with E-state index in [9.17, 15) is 14.4 Å². The number of rotatable bonds is 49. The van der Waals surface area contributed by atoms with Crippen molar-refractivity contribution in [3.05, 3.63) is 97.2 Å². The molecule has 0 aromatic rings. The van der Waals surface area contributed by atoms with Crippen molar-refractivity contribution in [1.29, 1.82) is 0 Å². The second-order valence-electron chi connectivity index (χ2n) is 18.1. The molecule has 0 aliphatic heterocycles. The Labute approximate surface area is 413 Å². The van der Waals surface area contributed by atoms with Crippen LogP contribution in [0.3, 0.4) is 0 Å². The third kappa shape index (κ3) is 53.2. The number of carbonyl (C=O) groups is 3. The minimum atomic E-state index is -0.819. The van der Waals surface area contributed by atoms with E-state index in [4.69, 9.17) is 14.2 Å². The van der Waals surface area contributed by atoms with Gasteiger partial charge in [0.25, 0.3) is 0 Å². The molecule has 0 amide bonds. The molecule has 0 N–H and O–H groups in total. The van der Waals surface area contributed by atoms with Crippen molar-refractivity contribution in [3.63, 3.8) is 0 Å². The Bertz CT molecular complexity index is 1350. The van der Waals surface area contributed by atoms with Crippen molar-refractivity contribution in [2.24, 2.45) is 0 Å². The van der Waals surface area contributed by atoms with Gasteiger partial charge < -0.3 is 14.2 Å². The Morgan fingerprint density at radius 1 is 0.328 bits per heavy atom. The molecule has 1 atom stereocenters. The van der Waals surface area contributed by atoms with Crippen molar-refractivity contribution < 1.29 is 28.6 Å². The molecule has 67 heavy (non-hydrogen) atoms. The summed E-state index contributed by atoms with van der Waals surface area (Å²) in [4.78, 5) is 38.1. The minimum Gasteiger partial charge on any atom is -0.462 e. The predicted molar refractivity (Wildman–Crippen MR) is 288 cm³/mol. The minimum absolute atomic E-state index is 0.111. The third-order valence-electron chi connectivity index (χ3n) is 11.6. The standard InChI is InChI=1S/C61H102O6/c1-4-7-10-13-16-19-22-25-28-31-34-36-39-42-45-48-51-54-60(63)66-57-58(67-61(64)55-52-49-46-43-40-37-33-30-27-24-21-18-15-12-9-6-3)56-65-59(62)53-50-47-44-41-38-35-32-29-26-23-20-17-14-11-8-5-2/h7,10,16,19,25,28-30,32-34,36-37,40,42,45,58H,4-6,8-9,11-15,17-18,20-24,26-27,31,35,38-39,41,43-44,46-57H2,1-3H3/b10-7-,19-16-,28-25-,32-29-,33-30-,36-34-,40-37-,45-42-. The lowest BCUT2D eigenvalue weighted by molar-refractivity contribution is -0.167. The zero-order valence-electron chi connectivity index (χ0n) is 43.6. The third-order valence-corrected chi connectivity index (χ3v) is 11.6. The largest absolute Gasteiger partial charge is 0.462 e. The van der Waals surface area contributed by atoms with Crippen LogP contribution < -0.4 is 0 Å². The Morgan fingerprint density at radius 2 is 0.642 bits per heavy atom. The molecular weight excluding hydrogens is 829 g/mol. The van der Waals surface area contributed by atoms with Crippen molar-refractivity contribution in [2.45, 2.75) is 258 Å². The summed E-state index contributed by atoms with van der Waals surface area (Å²) in [5.41, 5.74) is 0. The van der Waals surface area contributed by atoms with E-state index in [2.05, 4.69) is 118 Å². The second kappa shape index (κ2) is 54.9. The van der Waals surface area contributed by atoms with Crippen molar-refractivity contribution in [2.75, 3.05) is 13.2 Å². The maximum atomic E-state index is 12.8. The van der Waals surface area contributed by atoms with Crippen LogP contribution >= 0.6 is 0 Å². The molecule has 0 aliphatic rings. The summed E-state index contributed by atoms with van der Waals surface area (Å²) in [5.74, 6) is -1.01. The van der Waals surface area contributed by atoms with E-state index >= 15 is 0 Å². The molecule has 6 nitrogen and oxygen atoms in total. The highest BCUT2D eigenvalue weighted by atomic mass is 16.6. The molecule has 382 valence electrons. The van der Waals surface area contributed by atoms with Gasteiger partial charge in [-0.25, -0.2) is 0 Å². The zero-order valence-corrected chi connectivity index (χ0v) is 43.6. The molecule has 0 radical (unpaired) electrons. The molecule has 0 aromatic carbocycles. The van der Waals surface area contributed by atoms with Crippen LogP contribution in [-0.4, -0.2) is 37.2 Å². The van der Waals surface area contributed by atoms with Gasteiger partial charge in [0.2, 0.25) is 0 Å². The van der Waals surface area contributed by atoms with Gasteiger partial charge in [-0.3, -0.25) is 14.4 Å². The lowest BCUT2D eigenvalue weighted by atomic mass is 10.1. The molecule has 0 fully saturated rings. The monoisotopic (exact) mass is 931 g/mol. The molecule has 0 saturated heterocycles. The van der Waals surface area contributed by atoms with E-state index in [0.717, 1.165) is 103 Å². The van der Waals surface area contributed by atoms with Crippen LogP contribution in [-0.2, 0) is 28.6 Å². The maximum absolute atomic E-state index is 12.8. The molecule has 0 bridgehead atoms. The van der Waals surface area contributed by atoms with Gasteiger partial charge in [0, 0.05) is 19.3 Å². The van der Waals surface area contributed by atoms with Gasteiger partial charge in [0.1, 0.15) is 13.2 Å². The molecule has 0 aliphatic carbocycles. The summed E-state index contributed by atoms with van der Waals surface area (Å²) < 4.78 is 16.8. The first-order valence-electron chi connectivity index (χ1n) is 27.8. The second-order valence-corrected chi connectivity index (χ2v) is 18.1. The van der Waals surface area contributed by atoms with Crippen LogP contribution in [0.2, 0.25) is 0 Å². The van der Waals surface area contributed by atoms with Crippen LogP contribution in [0.25, 0.3) is 0 Å². The van der Waals surface area contributed by atoms with Gasteiger partial charge in [0.05, 0.1) is 0 Å². The Morgan fingerprint density at radius 3 is 1.09 bits per heavy atom. The average Bonchev–Trinajstić information content (AvgIpc) is 3.33. The van der Waals surface area contributed by atoms with E-state index in [1.807, 2.05) is 0 Å². The Hall–Kier alpha value is -3.67. The molecule has 0 saturated carbocycles. The summed E-state index contributed by atoms with van der Waals surface area (Å²) in [6.45, 7) is 6.44. The lowest BCUT2D eigenvalue weighted by Gasteiger charge is -2.18. The van der Waals surface area contributed by atoms with E-state index in [0.29, 0.717) is 12.8 Å². The molecule has 0 rings (SSSR count). The first-order chi connectivity index (χ1) is 33.0. The highest BCUT2D eigenvalue weighted by Gasteiger charge is 2.19. The topological polar surface area (TPSA) is 78.9 Å². The van der Waals surface area contributed by atoms with Gasteiger partial charge in [-0.2, -0.15) is 0 Å². The van der Waals surface area contributed by atoms with Crippen LogP contribution in [0.4, 0.5) is 0 Å². The number of hydrogen-bond acceptors (Lipinski definition) is 6. The summed E-state index contributed by atoms with van der Waals surface area (Å²) >= 11 is 0. The number of carbonyl (C=O) groups excluding carboxylic acids is 3. The van der Waals surface area contributed by atoms with Gasteiger partial charge in [-0.15, -0.1) is 0 Å². The Balaban J connectivity index is 4.54. The van der Waals surface area contributed by atoms with Crippen LogP contribution in [0.15, 0.2) is 97.2 Å². The fraction of sp³-hybridized carbons (Fsp3) is 0.689. The van der Waals surface area contributed by atoms with Gasteiger partial charge in [-0.1, -0.05) is 221 Å². The highest BCUT2D eigenvalue weighted by Crippen LogP contribution is 2.13. The smallest absolute Gasteiger partial charge is 0.306 e. The predicted octanol–water partition coefficient (Wildman–Crippen LogP) is 18.5. The van der Waals surface area contributed by atoms with Crippen molar-refractivity contribution in [1.82, 2.24) is 0 Å². The van der Waals surface area contributed by atoms with Gasteiger partial charge in [-0.05, 0) is 109 Å². The summed E-state index contributed by atoms with van der Waals surface area (Å²) in [7, 11) is 0. The molecule has 1 unspecified atom stereocenters. The summed E-state index contributed by atoms with van der Waals surface area (Å²) in [6, 6.07) is 0. The molecule has 0 aromatic heterocycles. The SMILES string of the molecule is CC/C=C\C/C=C\C/C=C\C/C=C\C/C=C\CCCC(=O)OCC(COC(=O)CCCCCCC/C=C\CCCCCCCCC)OC(=O)CCCCC/C=C\C=C/CCCCCCCCC. The number of hydrogen-bond donors (Lipinski definition) is 0. The van der Waals surface area contributed by atoms with Gasteiger partial charge in [0.15, 0.2) is 6.10 Å². The first kappa shape index (κ1) is 63.3. The van der Waals surface area contributed by atoms with Crippen LogP contribution in [0.1, 0.15) is 252 Å². The number of allylic oxidation sites excluding steroid dienone is 16. The average molecular weight is 931 g/mol. The van der Waals surface area contributed by atoms with Crippen molar-refractivity contribution in [3.8, 4) is 0 Å². The van der Waals surface area contributed by atoms with E-state index in [-0.39, 0.29) is 44.0 Å². The van der Waals surface area contributed by atoms with Crippen LogP contribution in [0.5, 0.6) is 0 Å². The number of esters is 3. The fourth-order valence-corrected chi connectivity index (χ4v) is 7.40. The molecule has 0 spiro atoms. The fourth-order valence-electron chi connectivity index (χ4n) is 7.40. The van der Waals surface area contributed by atoms with E-state index < -0.39 is 6.10 Å². The van der Waals surface area contributed by atoms with E-state index in [1.54, 1.807) is 0 Å². The van der Waals surface area contributed by atoms with Crippen LogP contribution in [0, 0.1) is 0 Å². The quantitative estimate of drug-likeness (QED) is 0.0199. The lowest BCUT2D eigenvalue weighted by Crippen LogP contribution is -2.30. The molecule has 0 heterocycles. The first-order valence-corrected chi connectivity index (χ1v) is 27.8. The van der Waals surface area contributed by atoms with Crippen molar-refractivity contribution >= 4 is 17.9 Å². The maximum Gasteiger partial charge on any atom is 0.306 e. The Kier molecular flexibility index (Phi) is 51.9. The molecule has 6 heteroatoms. The zero-order chi connectivity index (χ0) is 48.6. The normalized spacial score (nSPS) is 12.8. The number of ether oxygens (including phenoxy) is 3. The highest BCUT2D eigenvalue weighted by molar-refractivity contribution is 5.71. The summed E-state index contributed by atoms with van der Waals surface area (Å²) in [6.07, 6.45) is 72.6. The van der Waals surface area contributed by atoms with E-state index in [1.165, 1.54) is 103 Å².